The lowest BCUT2D eigenvalue weighted by molar-refractivity contribution is -0.119. The van der Waals surface area contributed by atoms with Crippen LogP contribution in [-0.4, -0.2) is 20.4 Å². The van der Waals surface area contributed by atoms with Crippen molar-refractivity contribution in [2.24, 2.45) is 0 Å². The summed E-state index contributed by atoms with van der Waals surface area (Å²) in [6.45, 7) is 6.24. The first-order chi connectivity index (χ1) is 16.0. The van der Waals surface area contributed by atoms with Crippen molar-refractivity contribution in [1.29, 1.82) is 0 Å². The van der Waals surface area contributed by atoms with Crippen LogP contribution in [0.25, 0.3) is 11.2 Å². The number of thioether (sulfide) groups is 1. The van der Waals surface area contributed by atoms with Gasteiger partial charge in [0.05, 0.1) is 0 Å². The van der Waals surface area contributed by atoms with Gasteiger partial charge < -0.3 is 5.32 Å². The molecule has 0 saturated carbocycles. The number of imidazole rings is 1. The van der Waals surface area contributed by atoms with Crippen LogP contribution in [0.4, 0.5) is 10.1 Å². The van der Waals surface area contributed by atoms with Gasteiger partial charge in [0.25, 0.3) is 0 Å². The number of carbonyl (C=O) groups is 1. The summed E-state index contributed by atoms with van der Waals surface area (Å²) < 4.78 is 16.0. The number of aromatic nitrogens is 3. The molecule has 2 aromatic carbocycles. The van der Waals surface area contributed by atoms with Crippen LogP contribution >= 0.6 is 11.8 Å². The Morgan fingerprint density at radius 2 is 1.85 bits per heavy atom. The van der Waals surface area contributed by atoms with Crippen LogP contribution in [-0.2, 0) is 10.5 Å². The van der Waals surface area contributed by atoms with Crippen LogP contribution in [0.5, 0.6) is 0 Å². The number of pyridine rings is 1. The van der Waals surface area contributed by atoms with Crippen LogP contribution in [0.2, 0.25) is 0 Å². The quantitative estimate of drug-likeness (QED) is 0.301. The maximum absolute atomic E-state index is 14.2. The number of nitrogens with zero attached hydrogens (tertiary/aromatic N) is 3. The molecule has 0 aliphatic rings. The van der Waals surface area contributed by atoms with E-state index in [0.717, 1.165) is 5.69 Å². The van der Waals surface area contributed by atoms with E-state index in [1.54, 1.807) is 18.3 Å². The number of hydrogen-bond donors (Lipinski definition) is 1. The van der Waals surface area contributed by atoms with Crippen molar-refractivity contribution in [2.45, 2.75) is 50.1 Å². The molecule has 0 radical (unpaired) electrons. The van der Waals surface area contributed by atoms with E-state index >= 15 is 0 Å². The number of nitrogens with one attached hydrogen (secondary N) is 1. The van der Waals surface area contributed by atoms with Crippen LogP contribution < -0.4 is 5.32 Å². The van der Waals surface area contributed by atoms with Crippen molar-refractivity contribution in [3.63, 3.8) is 0 Å². The highest BCUT2D eigenvalue weighted by molar-refractivity contribution is 7.98. The van der Waals surface area contributed by atoms with E-state index in [9.17, 15) is 9.18 Å². The Bertz CT molecular complexity index is 1250. The van der Waals surface area contributed by atoms with E-state index in [0.29, 0.717) is 40.0 Å². The summed E-state index contributed by atoms with van der Waals surface area (Å²) in [6.07, 6.45) is 2.26. The summed E-state index contributed by atoms with van der Waals surface area (Å²) in [5.74, 6) is 0.452. The molecule has 2 heterocycles. The lowest BCUT2D eigenvalue weighted by Gasteiger charge is -2.19. The summed E-state index contributed by atoms with van der Waals surface area (Å²) in [4.78, 5) is 22.5. The van der Waals surface area contributed by atoms with Crippen LogP contribution in [0.15, 0.2) is 72.0 Å². The SMILES string of the molecule is CCC(C(=O)Nc1ccc(C(C)C)cc1)n1c(SCc2ccccc2F)nc2cccnc21. The molecule has 0 bridgehead atoms. The summed E-state index contributed by atoms with van der Waals surface area (Å²) in [7, 11) is 0. The Balaban J connectivity index is 1.63. The fourth-order valence-corrected chi connectivity index (χ4v) is 4.75. The molecule has 170 valence electrons. The van der Waals surface area contributed by atoms with E-state index < -0.39 is 6.04 Å². The summed E-state index contributed by atoms with van der Waals surface area (Å²) in [5.41, 5.74) is 3.92. The van der Waals surface area contributed by atoms with Gasteiger partial charge >= 0.3 is 0 Å². The van der Waals surface area contributed by atoms with Crippen molar-refractivity contribution in [3.8, 4) is 0 Å². The topological polar surface area (TPSA) is 59.8 Å². The largest absolute Gasteiger partial charge is 0.324 e. The predicted octanol–water partition coefficient (Wildman–Crippen LogP) is 6.58. The molecule has 0 fully saturated rings. The Labute approximate surface area is 197 Å². The third-order valence-electron chi connectivity index (χ3n) is 5.58. The van der Waals surface area contributed by atoms with Crippen molar-refractivity contribution >= 4 is 34.5 Å². The number of fused-ring (bicyclic) bond motifs is 1. The zero-order valence-electron chi connectivity index (χ0n) is 19.0. The van der Waals surface area contributed by atoms with Crippen LogP contribution in [0.3, 0.4) is 0 Å². The zero-order chi connectivity index (χ0) is 23.4. The third-order valence-corrected chi connectivity index (χ3v) is 6.58. The highest BCUT2D eigenvalue weighted by Crippen LogP contribution is 2.31. The molecule has 0 aliphatic heterocycles. The molecule has 1 N–H and O–H groups in total. The van der Waals surface area contributed by atoms with Crippen molar-refractivity contribution in [1.82, 2.24) is 14.5 Å². The van der Waals surface area contributed by atoms with Crippen molar-refractivity contribution < 1.29 is 9.18 Å². The Morgan fingerprint density at radius 1 is 1.09 bits per heavy atom. The van der Waals surface area contributed by atoms with Crippen molar-refractivity contribution in [2.75, 3.05) is 5.32 Å². The third kappa shape index (κ3) is 5.09. The number of benzene rings is 2. The number of anilines is 1. The van der Waals surface area contributed by atoms with Gasteiger partial charge in [-0.15, -0.1) is 0 Å². The molecule has 4 aromatic rings. The number of carbonyl (C=O) groups excluding carboxylic acids is 1. The van der Waals surface area contributed by atoms with Gasteiger partial charge in [-0.3, -0.25) is 9.36 Å². The second kappa shape index (κ2) is 10.2. The molecule has 0 aliphatic carbocycles. The normalized spacial score (nSPS) is 12.3. The fraction of sp³-hybridized carbons (Fsp3) is 0.269. The van der Waals surface area contributed by atoms with E-state index in [4.69, 9.17) is 4.98 Å². The molecular weight excluding hydrogens is 435 g/mol. The van der Waals surface area contributed by atoms with Gasteiger partial charge in [0.1, 0.15) is 17.4 Å². The minimum absolute atomic E-state index is 0.132. The van der Waals surface area contributed by atoms with Crippen LogP contribution in [0, 0.1) is 5.82 Å². The van der Waals surface area contributed by atoms with E-state index in [1.807, 2.05) is 54.0 Å². The van der Waals surface area contributed by atoms with E-state index in [2.05, 4.69) is 24.1 Å². The maximum Gasteiger partial charge on any atom is 0.247 e. The zero-order valence-corrected chi connectivity index (χ0v) is 19.8. The molecule has 1 amide bonds. The molecule has 4 rings (SSSR count). The Morgan fingerprint density at radius 3 is 2.55 bits per heavy atom. The molecule has 2 aromatic heterocycles. The smallest absolute Gasteiger partial charge is 0.247 e. The lowest BCUT2D eigenvalue weighted by atomic mass is 10.0. The molecule has 1 unspecified atom stereocenters. The second-order valence-corrected chi connectivity index (χ2v) is 9.12. The van der Waals surface area contributed by atoms with Gasteiger partial charge in [-0.1, -0.05) is 62.9 Å². The average molecular weight is 463 g/mol. The maximum atomic E-state index is 14.2. The highest BCUT2D eigenvalue weighted by atomic mass is 32.2. The number of halogens is 1. The highest BCUT2D eigenvalue weighted by Gasteiger charge is 2.25. The molecule has 1 atom stereocenters. The molecule has 0 saturated heterocycles. The minimum atomic E-state index is -0.502. The van der Waals surface area contributed by atoms with E-state index in [1.165, 1.54) is 23.4 Å². The summed E-state index contributed by atoms with van der Waals surface area (Å²) in [5, 5.41) is 3.68. The van der Waals surface area contributed by atoms with E-state index in [-0.39, 0.29) is 11.7 Å². The second-order valence-electron chi connectivity index (χ2n) is 8.18. The Kier molecular flexibility index (Phi) is 7.08. The number of rotatable bonds is 8. The number of amides is 1. The molecule has 7 heteroatoms. The molecule has 0 spiro atoms. The molecule has 5 nitrogen and oxygen atoms in total. The van der Waals surface area contributed by atoms with Gasteiger partial charge in [0.2, 0.25) is 5.91 Å². The predicted molar refractivity (Wildman–Crippen MR) is 132 cm³/mol. The summed E-state index contributed by atoms with van der Waals surface area (Å²) in [6, 6.07) is 17.8. The van der Waals surface area contributed by atoms with Gasteiger partial charge in [0.15, 0.2) is 10.8 Å². The van der Waals surface area contributed by atoms with Gasteiger partial charge in [0, 0.05) is 17.6 Å². The average Bonchev–Trinajstić information content (AvgIpc) is 3.18. The van der Waals surface area contributed by atoms with Gasteiger partial charge in [-0.25, -0.2) is 14.4 Å². The molecular formula is C26H27FN4OS. The van der Waals surface area contributed by atoms with Gasteiger partial charge in [-0.2, -0.15) is 0 Å². The van der Waals surface area contributed by atoms with Gasteiger partial charge in [-0.05, 0) is 53.8 Å². The first-order valence-electron chi connectivity index (χ1n) is 11.1. The standard InChI is InChI=1S/C26H27FN4OS/c1-4-23(25(32)29-20-13-11-18(12-14-20)17(2)3)31-24-22(10-7-15-28-24)30-26(31)33-16-19-8-5-6-9-21(19)27/h5-15,17,23H,4,16H2,1-3H3,(H,29,32). The first kappa shape index (κ1) is 23.0. The minimum Gasteiger partial charge on any atom is -0.324 e. The monoisotopic (exact) mass is 462 g/mol. The summed E-state index contributed by atoms with van der Waals surface area (Å²) >= 11 is 1.40. The fourth-order valence-electron chi connectivity index (χ4n) is 3.71. The van der Waals surface area contributed by atoms with Crippen LogP contribution in [0.1, 0.15) is 50.3 Å². The molecule has 33 heavy (non-hydrogen) atoms. The van der Waals surface area contributed by atoms with Crippen molar-refractivity contribution in [3.05, 3.63) is 83.8 Å². The first-order valence-corrected chi connectivity index (χ1v) is 12.1. The lowest BCUT2D eigenvalue weighted by Crippen LogP contribution is -2.26. The number of hydrogen-bond acceptors (Lipinski definition) is 4. The Hall–Kier alpha value is -3.19.